The smallest absolute Gasteiger partial charge is 0.465 e. The van der Waals surface area contributed by atoms with Gasteiger partial charge in [0.2, 0.25) is 6.79 Å². The first-order valence-corrected chi connectivity index (χ1v) is 12.6. The molecule has 1 aromatic heterocycles. The zero-order chi connectivity index (χ0) is 26.0. The van der Waals surface area contributed by atoms with Crippen molar-refractivity contribution in [1.82, 2.24) is 9.55 Å². The van der Waals surface area contributed by atoms with Gasteiger partial charge in [0.1, 0.15) is 5.75 Å². The molecule has 1 aromatic carbocycles. The van der Waals surface area contributed by atoms with E-state index in [4.69, 9.17) is 18.9 Å². The maximum absolute atomic E-state index is 12.4. The summed E-state index contributed by atoms with van der Waals surface area (Å²) < 4.78 is 22.1. The lowest BCUT2D eigenvalue weighted by Gasteiger charge is -2.17. The van der Waals surface area contributed by atoms with E-state index in [2.05, 4.69) is 11.9 Å². The summed E-state index contributed by atoms with van der Waals surface area (Å²) >= 11 is 0. The molecule has 0 saturated heterocycles. The summed E-state index contributed by atoms with van der Waals surface area (Å²) in [6.45, 7) is 1.71. The van der Waals surface area contributed by atoms with Crippen LogP contribution < -0.4 is 4.74 Å². The van der Waals surface area contributed by atoms with Crippen molar-refractivity contribution in [2.24, 2.45) is 13.0 Å². The quantitative estimate of drug-likeness (QED) is 0.123. The molecule has 36 heavy (non-hydrogen) atoms. The van der Waals surface area contributed by atoms with Crippen LogP contribution in [0.3, 0.4) is 0 Å². The fourth-order valence-electron chi connectivity index (χ4n) is 3.63. The Kier molecular flexibility index (Phi) is 13.7. The van der Waals surface area contributed by atoms with Crippen molar-refractivity contribution in [3.8, 4) is 5.75 Å². The molecular weight excluding hydrogens is 464 g/mol. The number of aromatic nitrogens is 2. The molecule has 9 nitrogen and oxygen atoms in total. The Labute approximate surface area is 213 Å². The SMILES string of the molecule is CCCCCCCCCC(=O)OCC(CC(=O)OCOC(=O)Oc1ccccc1)Cc1cncn1C. The molecular formula is C27H38N2O7. The Balaban J connectivity index is 1.72. The number of imidazole rings is 1. The predicted octanol–water partition coefficient (Wildman–Crippen LogP) is 5.37. The van der Waals surface area contributed by atoms with Crippen molar-refractivity contribution in [2.75, 3.05) is 13.4 Å². The molecule has 0 aliphatic rings. The van der Waals surface area contributed by atoms with Gasteiger partial charge >= 0.3 is 18.1 Å². The molecule has 1 unspecified atom stereocenters. The second-order valence-corrected chi connectivity index (χ2v) is 8.77. The lowest BCUT2D eigenvalue weighted by Crippen LogP contribution is -2.23. The number of hydrogen-bond donors (Lipinski definition) is 0. The molecule has 0 aliphatic heterocycles. The number of esters is 2. The van der Waals surface area contributed by atoms with Gasteiger partial charge in [-0.2, -0.15) is 0 Å². The number of benzene rings is 1. The molecule has 0 N–H and O–H groups in total. The van der Waals surface area contributed by atoms with E-state index in [1.54, 1.807) is 42.9 Å². The van der Waals surface area contributed by atoms with E-state index < -0.39 is 18.9 Å². The number of rotatable bonds is 17. The molecule has 0 radical (unpaired) electrons. The average Bonchev–Trinajstić information content (AvgIpc) is 3.26. The van der Waals surface area contributed by atoms with Crippen LogP contribution in [0.2, 0.25) is 0 Å². The van der Waals surface area contributed by atoms with Crippen LogP contribution in [0.4, 0.5) is 4.79 Å². The molecule has 0 fully saturated rings. The van der Waals surface area contributed by atoms with Gasteiger partial charge in [0.15, 0.2) is 0 Å². The summed E-state index contributed by atoms with van der Waals surface area (Å²) in [6, 6.07) is 8.42. The average molecular weight is 503 g/mol. The lowest BCUT2D eigenvalue weighted by atomic mass is 10.0. The summed E-state index contributed by atoms with van der Waals surface area (Å²) in [4.78, 5) is 40.4. The van der Waals surface area contributed by atoms with E-state index >= 15 is 0 Å². The molecule has 2 rings (SSSR count). The first-order chi connectivity index (χ1) is 17.5. The van der Waals surface area contributed by atoms with Gasteiger partial charge < -0.3 is 23.5 Å². The zero-order valence-corrected chi connectivity index (χ0v) is 21.4. The number of unbranched alkanes of at least 4 members (excludes halogenated alkanes) is 6. The van der Waals surface area contributed by atoms with Gasteiger partial charge in [0, 0.05) is 31.3 Å². The number of nitrogens with zero attached hydrogens (tertiary/aromatic N) is 2. The second kappa shape index (κ2) is 17.1. The highest BCUT2D eigenvalue weighted by Crippen LogP contribution is 2.15. The molecule has 0 bridgehead atoms. The minimum absolute atomic E-state index is 0.00696. The van der Waals surface area contributed by atoms with Crippen molar-refractivity contribution in [2.45, 2.75) is 71.1 Å². The maximum atomic E-state index is 12.4. The molecule has 0 spiro atoms. The molecule has 1 atom stereocenters. The largest absolute Gasteiger partial charge is 0.516 e. The van der Waals surface area contributed by atoms with Gasteiger partial charge in [-0.1, -0.05) is 63.6 Å². The summed E-state index contributed by atoms with van der Waals surface area (Å²) in [5.74, 6) is -0.817. The van der Waals surface area contributed by atoms with Crippen LogP contribution >= 0.6 is 0 Å². The third-order valence-corrected chi connectivity index (χ3v) is 5.68. The molecule has 9 heteroatoms. The number of aryl methyl sites for hydroxylation is 1. The van der Waals surface area contributed by atoms with Crippen LogP contribution in [0.15, 0.2) is 42.9 Å². The lowest BCUT2D eigenvalue weighted by molar-refractivity contribution is -0.156. The molecule has 2 aromatic rings. The van der Waals surface area contributed by atoms with E-state index in [0.717, 1.165) is 25.0 Å². The number of para-hydroxylation sites is 1. The summed E-state index contributed by atoms with van der Waals surface area (Å²) in [6.07, 6.45) is 11.1. The fraction of sp³-hybridized carbons (Fsp3) is 0.556. The van der Waals surface area contributed by atoms with Gasteiger partial charge in [0.25, 0.3) is 0 Å². The van der Waals surface area contributed by atoms with Gasteiger partial charge in [-0.25, -0.2) is 9.78 Å². The first-order valence-electron chi connectivity index (χ1n) is 12.6. The Morgan fingerprint density at radius 2 is 1.64 bits per heavy atom. The van der Waals surface area contributed by atoms with Gasteiger partial charge in [-0.05, 0) is 25.0 Å². The highest BCUT2D eigenvalue weighted by Gasteiger charge is 2.20. The van der Waals surface area contributed by atoms with Crippen molar-refractivity contribution in [3.63, 3.8) is 0 Å². The Morgan fingerprint density at radius 1 is 0.917 bits per heavy atom. The fourth-order valence-corrected chi connectivity index (χ4v) is 3.63. The van der Waals surface area contributed by atoms with Crippen molar-refractivity contribution in [3.05, 3.63) is 48.5 Å². The van der Waals surface area contributed by atoms with Crippen LogP contribution in [-0.2, 0) is 37.3 Å². The second-order valence-electron chi connectivity index (χ2n) is 8.77. The zero-order valence-electron chi connectivity index (χ0n) is 21.4. The van der Waals surface area contributed by atoms with Crippen molar-refractivity contribution in [1.29, 1.82) is 0 Å². The van der Waals surface area contributed by atoms with Gasteiger partial charge in [-0.15, -0.1) is 0 Å². The standard InChI is InChI=1S/C27H38N2O7/c1-3-4-5-6-7-8-12-15-25(30)33-19-22(16-23-18-28-20-29(23)2)17-26(31)34-21-35-27(32)36-24-13-10-9-11-14-24/h9-11,13-14,18,20,22H,3-8,12,15-17,19,21H2,1-2H3. The third-order valence-electron chi connectivity index (χ3n) is 5.68. The van der Waals surface area contributed by atoms with Crippen LogP contribution in [-0.4, -0.2) is 41.0 Å². The van der Waals surface area contributed by atoms with Crippen LogP contribution in [0.25, 0.3) is 0 Å². The highest BCUT2D eigenvalue weighted by atomic mass is 16.8. The van der Waals surface area contributed by atoms with Gasteiger partial charge in [0.05, 0.1) is 19.4 Å². The van der Waals surface area contributed by atoms with Crippen LogP contribution in [0.1, 0.15) is 70.4 Å². The van der Waals surface area contributed by atoms with Crippen LogP contribution in [0, 0.1) is 5.92 Å². The van der Waals surface area contributed by atoms with Crippen LogP contribution in [0.5, 0.6) is 5.75 Å². The number of carbonyl (C=O) groups is 3. The Hall–Kier alpha value is -3.36. The highest BCUT2D eigenvalue weighted by molar-refractivity contribution is 5.71. The van der Waals surface area contributed by atoms with Crippen molar-refractivity contribution >= 4 is 18.1 Å². The Bertz CT molecular complexity index is 914. The maximum Gasteiger partial charge on any atom is 0.516 e. The van der Waals surface area contributed by atoms with E-state index in [9.17, 15) is 14.4 Å². The monoisotopic (exact) mass is 502 g/mol. The molecule has 198 valence electrons. The predicted molar refractivity (Wildman–Crippen MR) is 133 cm³/mol. The topological polar surface area (TPSA) is 106 Å². The molecule has 0 amide bonds. The summed E-state index contributed by atoms with van der Waals surface area (Å²) in [7, 11) is 1.86. The third kappa shape index (κ3) is 12.4. The number of hydrogen-bond acceptors (Lipinski definition) is 8. The first kappa shape index (κ1) is 28.9. The van der Waals surface area contributed by atoms with E-state index in [0.29, 0.717) is 18.6 Å². The Morgan fingerprint density at radius 3 is 2.33 bits per heavy atom. The summed E-state index contributed by atoms with van der Waals surface area (Å²) in [5.41, 5.74) is 0.901. The van der Waals surface area contributed by atoms with Crippen molar-refractivity contribution < 1.29 is 33.3 Å². The normalized spacial score (nSPS) is 11.5. The number of ether oxygens (including phenoxy) is 4. The van der Waals surface area contributed by atoms with E-state index in [1.165, 1.54) is 25.7 Å². The number of carbonyl (C=O) groups excluding carboxylic acids is 3. The minimum atomic E-state index is -0.972. The molecule has 1 heterocycles. The summed E-state index contributed by atoms with van der Waals surface area (Å²) in [5, 5.41) is 0. The van der Waals surface area contributed by atoms with E-state index in [1.807, 2.05) is 11.6 Å². The molecule has 0 saturated carbocycles. The minimum Gasteiger partial charge on any atom is -0.465 e. The van der Waals surface area contributed by atoms with E-state index in [-0.39, 0.29) is 24.9 Å². The van der Waals surface area contributed by atoms with Gasteiger partial charge in [-0.3, -0.25) is 9.59 Å². The molecule has 0 aliphatic carbocycles.